The number of benzene rings is 1. The molecule has 1 fully saturated rings. The molecule has 2 N–H and O–H groups in total. The highest BCUT2D eigenvalue weighted by molar-refractivity contribution is 5.92. The number of pyridine rings is 1. The van der Waals surface area contributed by atoms with Crippen molar-refractivity contribution in [3.05, 3.63) is 62.9 Å². The molecule has 0 saturated carbocycles. The first-order chi connectivity index (χ1) is 15.9. The lowest BCUT2D eigenvalue weighted by molar-refractivity contribution is -0.136. The summed E-state index contributed by atoms with van der Waals surface area (Å²) >= 11 is 0. The fourth-order valence-electron chi connectivity index (χ4n) is 4.48. The van der Waals surface area contributed by atoms with E-state index < -0.39 is 11.9 Å². The van der Waals surface area contributed by atoms with Crippen LogP contribution in [0.1, 0.15) is 35.6 Å². The summed E-state index contributed by atoms with van der Waals surface area (Å²) in [5, 5.41) is 0. The fourth-order valence-corrected chi connectivity index (χ4v) is 4.48. The Morgan fingerprint density at radius 1 is 1.18 bits per heavy atom. The monoisotopic (exact) mass is 456 g/mol. The molecule has 2 aliphatic heterocycles. The van der Waals surface area contributed by atoms with Crippen molar-refractivity contribution in [1.82, 2.24) is 4.57 Å². The predicted molar refractivity (Wildman–Crippen MR) is 120 cm³/mol. The molecule has 1 saturated heterocycles. The molecule has 0 unspecified atom stereocenters. The number of aromatic nitrogens is 1. The maximum Gasteiger partial charge on any atom is 0.340 e. The molecule has 1 aromatic heterocycles. The summed E-state index contributed by atoms with van der Waals surface area (Å²) in [6, 6.07) is 6.97. The first kappa shape index (κ1) is 22.7. The number of fused-ring (bicyclic) bond motifs is 1. The third-order valence-corrected chi connectivity index (χ3v) is 6.13. The average Bonchev–Trinajstić information content (AvgIpc) is 3.33. The standard InChI is InChI=1S/C24H28N2O7/c1-13-10-18-20(23(27)26(13)12-15-6-5-9-32-15)19(21(22(25)33-18)24(28)31-4)14-7-8-16(29-2)17(11-14)30-3/h7-8,10-11,15,19H,5-6,9,12,25H2,1-4H3/t15-,19-/m1/s1. The Labute approximate surface area is 191 Å². The lowest BCUT2D eigenvalue weighted by Gasteiger charge is -2.29. The minimum absolute atomic E-state index is 0.0378. The summed E-state index contributed by atoms with van der Waals surface area (Å²) in [7, 11) is 4.31. The van der Waals surface area contributed by atoms with Crippen LogP contribution in [0.15, 0.2) is 40.5 Å². The van der Waals surface area contributed by atoms with Gasteiger partial charge in [-0.25, -0.2) is 4.79 Å². The van der Waals surface area contributed by atoms with Crippen molar-refractivity contribution in [2.45, 2.75) is 38.3 Å². The van der Waals surface area contributed by atoms with E-state index in [0.29, 0.717) is 41.5 Å². The summed E-state index contributed by atoms with van der Waals surface area (Å²) in [6.07, 6.45) is 1.81. The first-order valence-electron chi connectivity index (χ1n) is 10.7. The third kappa shape index (κ3) is 4.04. The highest BCUT2D eigenvalue weighted by atomic mass is 16.5. The average molecular weight is 456 g/mol. The molecule has 0 radical (unpaired) electrons. The van der Waals surface area contributed by atoms with Crippen LogP contribution in [0.3, 0.4) is 0 Å². The van der Waals surface area contributed by atoms with Gasteiger partial charge in [0, 0.05) is 18.4 Å². The number of ether oxygens (including phenoxy) is 5. The van der Waals surface area contributed by atoms with Crippen molar-refractivity contribution in [3.8, 4) is 17.2 Å². The number of carbonyl (C=O) groups excluding carboxylic acids is 1. The van der Waals surface area contributed by atoms with Gasteiger partial charge in [0.15, 0.2) is 11.5 Å². The van der Waals surface area contributed by atoms with Crippen molar-refractivity contribution in [3.63, 3.8) is 0 Å². The van der Waals surface area contributed by atoms with E-state index in [0.717, 1.165) is 18.5 Å². The number of carbonyl (C=O) groups is 1. The van der Waals surface area contributed by atoms with Crippen molar-refractivity contribution in [2.24, 2.45) is 5.73 Å². The Morgan fingerprint density at radius 3 is 2.58 bits per heavy atom. The van der Waals surface area contributed by atoms with Gasteiger partial charge in [-0.05, 0) is 37.5 Å². The molecule has 2 atom stereocenters. The van der Waals surface area contributed by atoms with Gasteiger partial charge in [-0.3, -0.25) is 4.79 Å². The number of hydrogen-bond acceptors (Lipinski definition) is 8. The van der Waals surface area contributed by atoms with E-state index in [4.69, 9.17) is 29.4 Å². The number of methoxy groups -OCH3 is 3. The predicted octanol–water partition coefficient (Wildman–Crippen LogP) is 2.22. The maximum absolute atomic E-state index is 13.8. The molecule has 2 aliphatic rings. The van der Waals surface area contributed by atoms with Crippen LogP contribution in [0.2, 0.25) is 0 Å². The van der Waals surface area contributed by atoms with Crippen LogP contribution < -0.4 is 25.5 Å². The van der Waals surface area contributed by atoms with Gasteiger partial charge in [0.05, 0.1) is 45.5 Å². The van der Waals surface area contributed by atoms with Gasteiger partial charge in [0.1, 0.15) is 11.3 Å². The van der Waals surface area contributed by atoms with Gasteiger partial charge < -0.3 is 34.0 Å². The molecule has 3 heterocycles. The molecule has 33 heavy (non-hydrogen) atoms. The molecule has 0 amide bonds. The summed E-state index contributed by atoms with van der Waals surface area (Å²) < 4.78 is 29.0. The molecule has 4 rings (SSSR count). The first-order valence-corrected chi connectivity index (χ1v) is 10.7. The Hall–Kier alpha value is -3.46. The molecular weight excluding hydrogens is 428 g/mol. The highest BCUT2D eigenvalue weighted by Crippen LogP contribution is 2.43. The number of nitrogens with two attached hydrogens (primary N) is 1. The van der Waals surface area contributed by atoms with Gasteiger partial charge in [-0.2, -0.15) is 0 Å². The van der Waals surface area contributed by atoms with Gasteiger partial charge in [0.2, 0.25) is 5.88 Å². The number of esters is 1. The van der Waals surface area contributed by atoms with Crippen LogP contribution >= 0.6 is 0 Å². The van der Waals surface area contributed by atoms with E-state index >= 15 is 0 Å². The summed E-state index contributed by atoms with van der Waals surface area (Å²) in [5.41, 5.74) is 7.59. The van der Waals surface area contributed by atoms with Crippen LogP contribution in [-0.2, 0) is 20.8 Å². The minimum Gasteiger partial charge on any atom is -0.493 e. The summed E-state index contributed by atoms with van der Waals surface area (Å²) in [4.78, 5) is 26.6. The quantitative estimate of drug-likeness (QED) is 0.659. The van der Waals surface area contributed by atoms with Crippen LogP contribution in [0, 0.1) is 6.92 Å². The number of hydrogen-bond donors (Lipinski definition) is 1. The van der Waals surface area contributed by atoms with Crippen molar-refractivity contribution >= 4 is 5.97 Å². The second-order valence-corrected chi connectivity index (χ2v) is 8.03. The zero-order valence-corrected chi connectivity index (χ0v) is 19.2. The van der Waals surface area contributed by atoms with Crippen LogP contribution in [0.25, 0.3) is 0 Å². The van der Waals surface area contributed by atoms with Gasteiger partial charge in [0.25, 0.3) is 5.56 Å². The number of aryl methyl sites for hydroxylation is 1. The van der Waals surface area contributed by atoms with Crippen LogP contribution in [-0.4, -0.2) is 44.6 Å². The largest absolute Gasteiger partial charge is 0.493 e. The van der Waals surface area contributed by atoms with Crippen molar-refractivity contribution < 1.29 is 28.5 Å². The minimum atomic E-state index is -0.815. The smallest absolute Gasteiger partial charge is 0.340 e. The van der Waals surface area contributed by atoms with Crippen LogP contribution in [0.5, 0.6) is 17.2 Å². The zero-order chi connectivity index (χ0) is 23.7. The Morgan fingerprint density at radius 2 is 1.94 bits per heavy atom. The fraction of sp³-hybridized carbons (Fsp3) is 0.417. The normalized spacial score (nSPS) is 19.6. The molecule has 0 bridgehead atoms. The van der Waals surface area contributed by atoms with Crippen molar-refractivity contribution in [2.75, 3.05) is 27.9 Å². The lowest BCUT2D eigenvalue weighted by Crippen LogP contribution is -2.36. The third-order valence-electron chi connectivity index (χ3n) is 6.13. The summed E-state index contributed by atoms with van der Waals surface area (Å²) in [5.74, 6) is -0.313. The second-order valence-electron chi connectivity index (χ2n) is 8.03. The van der Waals surface area contributed by atoms with E-state index in [9.17, 15) is 9.59 Å². The molecule has 9 nitrogen and oxygen atoms in total. The van der Waals surface area contributed by atoms with Gasteiger partial charge in [-0.1, -0.05) is 6.07 Å². The highest BCUT2D eigenvalue weighted by Gasteiger charge is 2.39. The van der Waals surface area contributed by atoms with Crippen LogP contribution in [0.4, 0.5) is 0 Å². The molecule has 176 valence electrons. The molecule has 0 aliphatic carbocycles. The Bertz CT molecular complexity index is 1160. The SMILES string of the molecule is COC(=O)C1=C(N)Oc2cc(C)n(C[C@H]3CCCO3)c(=O)c2[C@H]1c1ccc(OC)c(OC)c1. The van der Waals surface area contributed by atoms with E-state index in [1.807, 2.05) is 6.92 Å². The molecule has 0 spiro atoms. The van der Waals surface area contributed by atoms with E-state index in [2.05, 4.69) is 0 Å². The molecule has 2 aromatic rings. The number of nitrogens with zero attached hydrogens (tertiary/aromatic N) is 1. The molecule has 9 heteroatoms. The number of rotatable bonds is 6. The topological polar surface area (TPSA) is 111 Å². The molecule has 1 aromatic carbocycles. The zero-order valence-electron chi connectivity index (χ0n) is 19.2. The van der Waals surface area contributed by atoms with Gasteiger partial charge in [-0.15, -0.1) is 0 Å². The maximum atomic E-state index is 13.8. The Balaban J connectivity index is 1.93. The van der Waals surface area contributed by atoms with E-state index in [-0.39, 0.29) is 23.1 Å². The van der Waals surface area contributed by atoms with E-state index in [1.165, 1.54) is 21.3 Å². The Kier molecular flexibility index (Phi) is 6.33. The molecular formula is C24H28N2O7. The summed E-state index contributed by atoms with van der Waals surface area (Å²) in [6.45, 7) is 2.94. The van der Waals surface area contributed by atoms with E-state index in [1.54, 1.807) is 28.8 Å². The van der Waals surface area contributed by atoms with Gasteiger partial charge >= 0.3 is 5.97 Å². The second kappa shape index (κ2) is 9.19. The lowest BCUT2D eigenvalue weighted by atomic mass is 9.83. The van der Waals surface area contributed by atoms with Crippen molar-refractivity contribution in [1.29, 1.82) is 0 Å².